The van der Waals surface area contributed by atoms with Gasteiger partial charge in [0.25, 0.3) is 0 Å². The number of nitrogens with two attached hydrogens (primary N) is 1. The third-order valence-corrected chi connectivity index (χ3v) is 4.73. The van der Waals surface area contributed by atoms with Gasteiger partial charge in [0.2, 0.25) is 5.95 Å². The second kappa shape index (κ2) is 6.71. The normalized spacial score (nSPS) is 18.2. The lowest BCUT2D eigenvalue weighted by atomic mass is 10.1. The minimum Gasteiger partial charge on any atom is -0.489 e. The summed E-state index contributed by atoms with van der Waals surface area (Å²) in [5.41, 5.74) is 7.24. The van der Waals surface area contributed by atoms with Crippen LogP contribution in [0.2, 0.25) is 0 Å². The molecular weight excluding hydrogens is 403 g/mol. The first-order chi connectivity index (χ1) is 14.4. The lowest BCUT2D eigenvalue weighted by molar-refractivity contribution is -0.275. The van der Waals surface area contributed by atoms with Crippen LogP contribution in [0, 0.1) is 0 Å². The maximum Gasteiger partial charge on any atom is 0.573 e. The highest BCUT2D eigenvalue weighted by Gasteiger charge is 2.35. The highest BCUT2D eigenvalue weighted by Crippen LogP contribution is 2.41. The molecule has 0 unspecified atom stereocenters. The van der Waals surface area contributed by atoms with Crippen molar-refractivity contribution in [1.82, 2.24) is 9.55 Å². The van der Waals surface area contributed by atoms with E-state index in [9.17, 15) is 13.2 Å². The van der Waals surface area contributed by atoms with E-state index in [1.165, 1.54) is 18.2 Å². The first kappa shape index (κ1) is 18.4. The molecule has 3 N–H and O–H groups in total. The molecule has 1 aromatic heterocycles. The highest BCUT2D eigenvalue weighted by molar-refractivity contribution is 5.95. The molecule has 30 heavy (non-hydrogen) atoms. The summed E-state index contributed by atoms with van der Waals surface area (Å²) < 4.78 is 56.1. The Balaban J connectivity index is 1.68. The van der Waals surface area contributed by atoms with Crippen molar-refractivity contribution in [1.29, 1.82) is 0 Å². The van der Waals surface area contributed by atoms with E-state index in [4.69, 9.17) is 15.2 Å². The van der Waals surface area contributed by atoms with E-state index in [1.54, 1.807) is 22.8 Å². The van der Waals surface area contributed by atoms with Crippen LogP contribution in [0.25, 0.3) is 11.0 Å². The van der Waals surface area contributed by atoms with Crippen molar-refractivity contribution in [3.8, 4) is 17.2 Å². The standard InChI is InChI=1S/C19H16F3N5O3/c20-19(21,22)30-13-5-2-1-4-10(13)16-25-17(23)26-18-24-11-8-14-15(9-12(11)27(16)18)29-7-3-6-28-14/h1-2,4-5,8-9,16H,3,6-7H2,(H3,23,24,25,26)/t16-/m0/s1. The minimum absolute atomic E-state index is 0.0266. The van der Waals surface area contributed by atoms with Crippen molar-refractivity contribution in [3.05, 3.63) is 42.0 Å². The number of guanidine groups is 1. The topological polar surface area (TPSA) is 95.9 Å². The van der Waals surface area contributed by atoms with Gasteiger partial charge in [0.1, 0.15) is 5.75 Å². The first-order valence-electron chi connectivity index (χ1n) is 9.15. The molecule has 0 saturated carbocycles. The molecule has 2 aliphatic rings. The van der Waals surface area contributed by atoms with Crippen LogP contribution in [0.3, 0.4) is 0 Å². The van der Waals surface area contributed by atoms with Crippen LogP contribution in [0.1, 0.15) is 18.2 Å². The summed E-state index contributed by atoms with van der Waals surface area (Å²) in [6.07, 6.45) is -5.03. The number of nitrogens with zero attached hydrogens (tertiary/aromatic N) is 3. The first-order valence-corrected chi connectivity index (χ1v) is 9.15. The van der Waals surface area contributed by atoms with E-state index < -0.39 is 12.5 Å². The molecule has 0 saturated heterocycles. The van der Waals surface area contributed by atoms with E-state index in [1.807, 2.05) is 0 Å². The minimum atomic E-state index is -4.85. The number of ether oxygens (including phenoxy) is 3. The zero-order valence-electron chi connectivity index (χ0n) is 15.4. The maximum atomic E-state index is 12.9. The molecule has 156 valence electrons. The van der Waals surface area contributed by atoms with Gasteiger partial charge in [0, 0.05) is 24.1 Å². The number of anilines is 1. The SMILES string of the molecule is NC1=N[C@H](c2ccccc2OC(F)(F)F)n2c(nc3cc4c(cc32)OCCCO4)N1. The van der Waals surface area contributed by atoms with Gasteiger partial charge in [-0.1, -0.05) is 18.2 Å². The van der Waals surface area contributed by atoms with Crippen LogP contribution < -0.4 is 25.3 Å². The van der Waals surface area contributed by atoms with Crippen molar-refractivity contribution in [2.24, 2.45) is 10.7 Å². The Bertz CT molecular complexity index is 1160. The number of aromatic nitrogens is 2. The zero-order valence-corrected chi connectivity index (χ0v) is 15.4. The van der Waals surface area contributed by atoms with Crippen molar-refractivity contribution in [2.45, 2.75) is 18.9 Å². The molecule has 5 rings (SSSR count). The molecule has 2 aliphatic heterocycles. The van der Waals surface area contributed by atoms with Crippen LogP contribution in [-0.4, -0.2) is 35.1 Å². The Hall–Kier alpha value is -3.63. The van der Waals surface area contributed by atoms with Gasteiger partial charge in [-0.2, -0.15) is 0 Å². The molecular formula is C19H16F3N5O3. The van der Waals surface area contributed by atoms with Crippen LogP contribution in [0.15, 0.2) is 41.4 Å². The number of hydrogen-bond donors (Lipinski definition) is 2. The Labute approximate surface area is 168 Å². The predicted octanol–water partition coefficient (Wildman–Crippen LogP) is 3.38. The number of imidazole rings is 1. The number of benzene rings is 2. The Morgan fingerprint density at radius 1 is 1.13 bits per heavy atom. The van der Waals surface area contributed by atoms with E-state index in [0.29, 0.717) is 41.7 Å². The molecule has 0 radical (unpaired) electrons. The molecule has 2 aromatic carbocycles. The molecule has 0 bridgehead atoms. The number of halogens is 3. The van der Waals surface area contributed by atoms with E-state index in [2.05, 4.69) is 20.0 Å². The molecule has 1 atom stereocenters. The van der Waals surface area contributed by atoms with E-state index in [0.717, 1.165) is 6.42 Å². The Morgan fingerprint density at radius 3 is 2.63 bits per heavy atom. The molecule has 8 nitrogen and oxygen atoms in total. The number of fused-ring (bicyclic) bond motifs is 4. The largest absolute Gasteiger partial charge is 0.573 e. The molecule has 0 spiro atoms. The maximum absolute atomic E-state index is 12.9. The molecule has 3 heterocycles. The summed E-state index contributed by atoms with van der Waals surface area (Å²) in [4.78, 5) is 8.84. The van der Waals surface area contributed by atoms with Gasteiger partial charge in [-0.15, -0.1) is 13.2 Å². The van der Waals surface area contributed by atoms with Gasteiger partial charge in [0.05, 0.1) is 24.2 Å². The second-order valence-electron chi connectivity index (χ2n) is 6.74. The van der Waals surface area contributed by atoms with Crippen LogP contribution in [0.4, 0.5) is 19.1 Å². The van der Waals surface area contributed by atoms with Gasteiger partial charge in [0.15, 0.2) is 23.6 Å². The summed E-state index contributed by atoms with van der Waals surface area (Å²) in [6, 6.07) is 9.27. The average Bonchev–Trinajstić information content (AvgIpc) is 2.86. The zero-order chi connectivity index (χ0) is 20.9. The van der Waals surface area contributed by atoms with Crippen molar-refractivity contribution >= 4 is 22.9 Å². The molecule has 3 aromatic rings. The summed E-state index contributed by atoms with van der Waals surface area (Å²) in [5.74, 6) is 1.09. The summed E-state index contributed by atoms with van der Waals surface area (Å²) >= 11 is 0. The fraction of sp³-hybridized carbons (Fsp3) is 0.263. The summed E-state index contributed by atoms with van der Waals surface area (Å²) in [7, 11) is 0. The Morgan fingerprint density at radius 2 is 1.87 bits per heavy atom. The van der Waals surface area contributed by atoms with Crippen molar-refractivity contribution in [3.63, 3.8) is 0 Å². The fourth-order valence-corrected chi connectivity index (χ4v) is 3.54. The number of aliphatic imine (C=N–C) groups is 1. The molecule has 0 fully saturated rings. The number of hydrogen-bond acceptors (Lipinski definition) is 7. The lowest BCUT2D eigenvalue weighted by Crippen LogP contribution is -2.32. The second-order valence-corrected chi connectivity index (χ2v) is 6.74. The van der Waals surface area contributed by atoms with Gasteiger partial charge in [-0.25, -0.2) is 9.98 Å². The van der Waals surface area contributed by atoms with Crippen LogP contribution in [0.5, 0.6) is 17.2 Å². The van der Waals surface area contributed by atoms with E-state index >= 15 is 0 Å². The highest BCUT2D eigenvalue weighted by atomic mass is 19.4. The van der Waals surface area contributed by atoms with Gasteiger partial charge in [-0.3, -0.25) is 9.88 Å². The van der Waals surface area contributed by atoms with Crippen LogP contribution >= 0.6 is 0 Å². The van der Waals surface area contributed by atoms with Gasteiger partial charge < -0.3 is 19.9 Å². The summed E-state index contributed by atoms with van der Waals surface area (Å²) in [5, 5.41) is 2.85. The molecule has 0 aliphatic carbocycles. The number of rotatable bonds is 2. The summed E-state index contributed by atoms with van der Waals surface area (Å²) in [6.45, 7) is 1.01. The fourth-order valence-electron chi connectivity index (χ4n) is 3.54. The number of nitrogens with one attached hydrogen (secondary N) is 1. The Kier molecular flexibility index (Phi) is 4.12. The predicted molar refractivity (Wildman–Crippen MR) is 102 cm³/mol. The van der Waals surface area contributed by atoms with Crippen LogP contribution in [-0.2, 0) is 0 Å². The quantitative estimate of drug-likeness (QED) is 0.661. The number of alkyl halides is 3. The molecule has 0 amide bonds. The molecule has 11 heteroatoms. The lowest BCUT2D eigenvalue weighted by Gasteiger charge is -2.25. The van der Waals surface area contributed by atoms with Gasteiger partial charge in [-0.05, 0) is 6.07 Å². The number of para-hydroxylation sites is 1. The van der Waals surface area contributed by atoms with Gasteiger partial charge >= 0.3 is 6.36 Å². The third-order valence-electron chi connectivity index (χ3n) is 4.73. The van der Waals surface area contributed by atoms with E-state index in [-0.39, 0.29) is 17.3 Å². The third kappa shape index (κ3) is 3.21. The smallest absolute Gasteiger partial charge is 0.489 e. The average molecular weight is 419 g/mol. The van der Waals surface area contributed by atoms with Crippen molar-refractivity contribution < 1.29 is 27.4 Å². The van der Waals surface area contributed by atoms with Crippen molar-refractivity contribution in [2.75, 3.05) is 18.5 Å². The monoisotopic (exact) mass is 419 g/mol.